The van der Waals surface area contributed by atoms with Gasteiger partial charge in [-0.3, -0.25) is 4.79 Å². The molecular weight excluding hydrogens is 358 g/mol. The van der Waals surface area contributed by atoms with E-state index in [1.54, 1.807) is 0 Å². The van der Waals surface area contributed by atoms with Crippen LogP contribution in [-0.2, 0) is 4.79 Å². The highest BCUT2D eigenvalue weighted by molar-refractivity contribution is 14.1. The molecule has 0 saturated heterocycles. The van der Waals surface area contributed by atoms with E-state index in [2.05, 4.69) is 71.1 Å². The van der Waals surface area contributed by atoms with Crippen molar-refractivity contribution in [3.8, 4) is 0 Å². The Morgan fingerprint density at radius 3 is 1.85 bits per heavy atom. The summed E-state index contributed by atoms with van der Waals surface area (Å²) < 4.78 is -0.277. The molecule has 0 aliphatic rings. The van der Waals surface area contributed by atoms with Crippen LogP contribution in [0.2, 0.25) is 11.1 Å². The molecule has 0 bridgehead atoms. The fourth-order valence-corrected chi connectivity index (χ4v) is 4.71. The monoisotopic (exact) mass is 392 g/mol. The highest BCUT2D eigenvalue weighted by atomic mass is 127. The molecule has 0 saturated carbocycles. The molecule has 1 unspecified atom stereocenters. The molecule has 0 radical (unpaired) electrons. The number of carbonyl (C=O) groups excluding carboxylic acids is 1. The summed E-state index contributed by atoms with van der Waals surface area (Å²) in [5.74, 6) is 1.85. The van der Waals surface area contributed by atoms with E-state index in [9.17, 15) is 4.79 Å². The fourth-order valence-electron chi connectivity index (χ4n) is 3.98. The maximum absolute atomic E-state index is 12.6. The van der Waals surface area contributed by atoms with E-state index in [-0.39, 0.29) is 14.2 Å². The van der Waals surface area contributed by atoms with Gasteiger partial charge in [0, 0.05) is 5.41 Å². The molecule has 0 spiro atoms. The van der Waals surface area contributed by atoms with Crippen LogP contribution in [0.3, 0.4) is 0 Å². The second kappa shape index (κ2) is 7.15. The lowest BCUT2D eigenvalue weighted by Gasteiger charge is -2.38. The van der Waals surface area contributed by atoms with Crippen molar-refractivity contribution in [1.29, 1.82) is 0 Å². The molecule has 0 aliphatic carbocycles. The van der Waals surface area contributed by atoms with Crippen molar-refractivity contribution in [2.24, 2.45) is 11.3 Å². The van der Waals surface area contributed by atoms with Crippen molar-refractivity contribution in [3.05, 3.63) is 0 Å². The number of alkyl halides is 1. The third kappa shape index (κ3) is 7.47. The van der Waals surface area contributed by atoms with Crippen LogP contribution in [-0.4, -0.2) is 16.5 Å². The summed E-state index contributed by atoms with van der Waals surface area (Å²) in [6, 6.07) is 0. The Balaban J connectivity index is 4.78. The Hall–Kier alpha value is 0.465. The van der Waals surface area contributed by atoms with E-state index < -0.39 is 0 Å². The standard InChI is InChI=1S/C17H34BIO/c1-12(2)10-13(3)18-16(6,7)11-15(4,5)14(20)17(8,9)19/h12-13,18H,10-11H2,1-9H3. The summed E-state index contributed by atoms with van der Waals surface area (Å²) in [6.07, 6.45) is 2.24. The van der Waals surface area contributed by atoms with Crippen molar-refractivity contribution in [3.63, 3.8) is 0 Å². The molecule has 0 aromatic rings. The Morgan fingerprint density at radius 1 is 1.05 bits per heavy atom. The maximum Gasteiger partial charge on any atom is 0.153 e. The number of ketones is 1. The summed E-state index contributed by atoms with van der Waals surface area (Å²) in [7, 11) is 1.20. The first-order valence-corrected chi connectivity index (χ1v) is 8.99. The Morgan fingerprint density at radius 2 is 1.50 bits per heavy atom. The molecule has 0 rings (SSSR count). The lowest BCUT2D eigenvalue weighted by Crippen LogP contribution is -2.40. The lowest BCUT2D eigenvalue weighted by atomic mass is 9.43. The lowest BCUT2D eigenvalue weighted by molar-refractivity contribution is -0.129. The van der Waals surface area contributed by atoms with Gasteiger partial charge in [-0.15, -0.1) is 0 Å². The number of halogens is 1. The van der Waals surface area contributed by atoms with E-state index in [1.807, 2.05) is 13.8 Å². The molecule has 1 atom stereocenters. The Kier molecular flexibility index (Phi) is 7.32. The minimum absolute atomic E-state index is 0.218. The van der Waals surface area contributed by atoms with Crippen LogP contribution in [0.1, 0.15) is 75.2 Å². The largest absolute Gasteiger partial charge is 0.298 e. The van der Waals surface area contributed by atoms with Gasteiger partial charge in [0.2, 0.25) is 0 Å². The first-order chi connectivity index (χ1) is 8.67. The molecule has 0 aromatic heterocycles. The second-order valence-electron chi connectivity index (χ2n) is 8.97. The van der Waals surface area contributed by atoms with Gasteiger partial charge in [0.25, 0.3) is 0 Å². The maximum atomic E-state index is 12.6. The molecule has 1 nitrogen and oxygen atoms in total. The smallest absolute Gasteiger partial charge is 0.153 e. The number of rotatable bonds is 8. The predicted octanol–water partition coefficient (Wildman–Crippen LogP) is 5.67. The summed E-state index contributed by atoms with van der Waals surface area (Å²) >= 11 is 2.27. The average Bonchev–Trinajstić information content (AvgIpc) is 2.09. The third-order valence-corrected chi connectivity index (χ3v) is 4.34. The van der Waals surface area contributed by atoms with Crippen LogP contribution in [0.25, 0.3) is 0 Å². The van der Waals surface area contributed by atoms with Gasteiger partial charge in [0.1, 0.15) is 7.28 Å². The van der Waals surface area contributed by atoms with Crippen LogP contribution in [0, 0.1) is 11.3 Å². The highest BCUT2D eigenvalue weighted by Crippen LogP contribution is 2.44. The van der Waals surface area contributed by atoms with Crippen molar-refractivity contribution < 1.29 is 4.79 Å². The zero-order chi connectivity index (χ0) is 16.4. The van der Waals surface area contributed by atoms with Crippen molar-refractivity contribution in [2.45, 2.75) is 89.7 Å². The van der Waals surface area contributed by atoms with E-state index in [0.29, 0.717) is 5.78 Å². The number of hydrogen-bond donors (Lipinski definition) is 0. The van der Waals surface area contributed by atoms with E-state index in [0.717, 1.165) is 18.2 Å². The molecule has 0 fully saturated rings. The minimum atomic E-state index is -0.277. The summed E-state index contributed by atoms with van der Waals surface area (Å²) in [5.41, 5.74) is -0.244. The average molecular weight is 392 g/mol. The summed E-state index contributed by atoms with van der Waals surface area (Å²) in [4.78, 5) is 12.6. The summed E-state index contributed by atoms with van der Waals surface area (Å²) in [6.45, 7) is 19.8. The normalized spacial score (nSPS) is 15.3. The first kappa shape index (κ1) is 20.5. The van der Waals surface area contributed by atoms with E-state index in [1.165, 1.54) is 13.7 Å². The highest BCUT2D eigenvalue weighted by Gasteiger charge is 2.41. The van der Waals surface area contributed by atoms with Gasteiger partial charge >= 0.3 is 0 Å². The van der Waals surface area contributed by atoms with Gasteiger partial charge in [-0.05, 0) is 26.2 Å². The van der Waals surface area contributed by atoms with Crippen LogP contribution in [0.15, 0.2) is 0 Å². The van der Waals surface area contributed by atoms with Crippen LogP contribution >= 0.6 is 22.6 Å². The molecule has 3 heteroatoms. The van der Waals surface area contributed by atoms with E-state index in [4.69, 9.17) is 0 Å². The quantitative estimate of drug-likeness (QED) is 0.295. The van der Waals surface area contributed by atoms with Crippen LogP contribution in [0.4, 0.5) is 0 Å². The van der Waals surface area contributed by atoms with Gasteiger partial charge in [-0.25, -0.2) is 0 Å². The number of Topliss-reactive ketones (excluding diaryl/α,β-unsaturated/α-hetero) is 1. The molecule has 20 heavy (non-hydrogen) atoms. The fraction of sp³-hybridized carbons (Fsp3) is 0.941. The van der Waals surface area contributed by atoms with Gasteiger partial charge in [-0.1, -0.05) is 88.6 Å². The third-order valence-electron chi connectivity index (χ3n) is 3.85. The molecule has 0 aromatic carbocycles. The predicted molar refractivity (Wildman–Crippen MR) is 102 cm³/mol. The Bertz CT molecular complexity index is 326. The number of carbonyl (C=O) groups is 1. The molecule has 0 heterocycles. The summed E-state index contributed by atoms with van der Waals surface area (Å²) in [5, 5.41) is 0.218. The second-order valence-corrected chi connectivity index (χ2v) is 11.7. The van der Waals surface area contributed by atoms with Crippen molar-refractivity contribution in [1.82, 2.24) is 0 Å². The molecule has 0 amide bonds. The molecule has 0 aliphatic heterocycles. The zero-order valence-corrected chi connectivity index (χ0v) is 17.2. The molecule has 0 N–H and O–H groups in total. The zero-order valence-electron chi connectivity index (χ0n) is 15.1. The van der Waals surface area contributed by atoms with Crippen molar-refractivity contribution >= 4 is 35.7 Å². The van der Waals surface area contributed by atoms with E-state index >= 15 is 0 Å². The SMILES string of the molecule is CC(C)CC(C)BC(C)(C)CC(C)(C)C(=O)C(C)(C)I. The molecular formula is C17H34BIO. The van der Waals surface area contributed by atoms with Gasteiger partial charge in [0.05, 0.1) is 3.42 Å². The minimum Gasteiger partial charge on any atom is -0.298 e. The van der Waals surface area contributed by atoms with Crippen molar-refractivity contribution in [2.75, 3.05) is 0 Å². The molecule has 118 valence electrons. The van der Waals surface area contributed by atoms with Crippen LogP contribution in [0.5, 0.6) is 0 Å². The van der Waals surface area contributed by atoms with Gasteiger partial charge < -0.3 is 0 Å². The Labute approximate surface area is 141 Å². The first-order valence-electron chi connectivity index (χ1n) is 7.91. The topological polar surface area (TPSA) is 17.1 Å². The van der Waals surface area contributed by atoms with Gasteiger partial charge in [-0.2, -0.15) is 0 Å². The van der Waals surface area contributed by atoms with Crippen LogP contribution < -0.4 is 0 Å². The van der Waals surface area contributed by atoms with Gasteiger partial charge in [0.15, 0.2) is 5.78 Å². The number of hydrogen-bond acceptors (Lipinski definition) is 1.